The molecule has 0 radical (unpaired) electrons. The molecule has 1 aliphatic heterocycles. The van der Waals surface area contributed by atoms with Gasteiger partial charge < -0.3 is 9.47 Å². The number of hydrogen-bond acceptors (Lipinski definition) is 4. The van der Waals surface area contributed by atoms with Gasteiger partial charge in [0.15, 0.2) is 0 Å². The Balaban J connectivity index is 1.72. The summed E-state index contributed by atoms with van der Waals surface area (Å²) in [6.45, 7) is 0.750. The summed E-state index contributed by atoms with van der Waals surface area (Å²) in [5.74, 6) is -0.0895. The maximum absolute atomic E-state index is 12.4. The van der Waals surface area contributed by atoms with E-state index in [1.54, 1.807) is 4.90 Å². The highest BCUT2D eigenvalue weighted by Gasteiger charge is 2.23. The lowest BCUT2D eigenvalue weighted by molar-refractivity contribution is -0.385. The summed E-state index contributed by atoms with van der Waals surface area (Å²) in [7, 11) is 0. The summed E-state index contributed by atoms with van der Waals surface area (Å²) in [5, 5.41) is 10.8. The molecule has 3 rings (SSSR count). The molecule has 23 heavy (non-hydrogen) atoms. The summed E-state index contributed by atoms with van der Waals surface area (Å²) in [5.41, 5.74) is 1.52. The maximum atomic E-state index is 12.4. The molecule has 0 aliphatic carbocycles. The van der Waals surface area contributed by atoms with E-state index in [2.05, 4.69) is 0 Å². The van der Waals surface area contributed by atoms with Crippen LogP contribution in [0.3, 0.4) is 0 Å². The fourth-order valence-electron chi connectivity index (χ4n) is 2.75. The first-order chi connectivity index (χ1) is 11.1. The number of benzene rings is 1. The van der Waals surface area contributed by atoms with Crippen LogP contribution in [0.4, 0.5) is 11.4 Å². The van der Waals surface area contributed by atoms with Gasteiger partial charge in [-0.2, -0.15) is 0 Å². The zero-order valence-corrected chi connectivity index (χ0v) is 12.3. The predicted octanol–water partition coefficient (Wildman–Crippen LogP) is 1.74. The van der Waals surface area contributed by atoms with Crippen molar-refractivity contribution in [1.82, 2.24) is 4.57 Å². The number of pyridine rings is 1. The third kappa shape index (κ3) is 2.98. The molecule has 0 N–H and O–H groups in total. The van der Waals surface area contributed by atoms with Gasteiger partial charge in [0.05, 0.1) is 11.1 Å². The zero-order valence-electron chi connectivity index (χ0n) is 12.3. The molecule has 7 heteroatoms. The van der Waals surface area contributed by atoms with Crippen molar-refractivity contribution in [2.75, 3.05) is 11.4 Å². The largest absolute Gasteiger partial charge is 0.312 e. The van der Waals surface area contributed by atoms with Gasteiger partial charge in [-0.1, -0.05) is 18.2 Å². The summed E-state index contributed by atoms with van der Waals surface area (Å²) < 4.78 is 1.21. The molecule has 0 unspecified atom stereocenters. The number of aromatic nitrogens is 1. The number of rotatable bonds is 4. The van der Waals surface area contributed by atoms with Gasteiger partial charge in [0.2, 0.25) is 5.91 Å². The number of carbonyl (C=O) groups is 1. The van der Waals surface area contributed by atoms with Crippen LogP contribution < -0.4 is 10.5 Å². The Morgan fingerprint density at radius 1 is 1.22 bits per heavy atom. The number of hydrogen-bond donors (Lipinski definition) is 0. The van der Waals surface area contributed by atoms with E-state index in [4.69, 9.17) is 0 Å². The topological polar surface area (TPSA) is 85.5 Å². The third-order valence-corrected chi connectivity index (χ3v) is 3.93. The lowest BCUT2D eigenvalue weighted by Gasteiger charge is -2.17. The summed E-state index contributed by atoms with van der Waals surface area (Å²) in [4.78, 5) is 36.0. The SMILES string of the molecule is O=C(CCn1cc([N+](=O)[O-])ccc1=O)N1CCc2ccccc21. The number of amides is 1. The number of anilines is 1. The summed E-state index contributed by atoms with van der Waals surface area (Å²) in [6, 6.07) is 10.0. The Morgan fingerprint density at radius 2 is 2.00 bits per heavy atom. The van der Waals surface area contributed by atoms with Crippen LogP contribution in [0.25, 0.3) is 0 Å². The van der Waals surface area contributed by atoms with Crippen LogP contribution in [0.5, 0.6) is 0 Å². The average Bonchev–Trinajstić information content (AvgIpc) is 2.97. The molecule has 2 aromatic rings. The van der Waals surface area contributed by atoms with Crippen molar-refractivity contribution in [3.05, 3.63) is 68.6 Å². The van der Waals surface area contributed by atoms with E-state index in [1.165, 1.54) is 10.8 Å². The van der Waals surface area contributed by atoms with E-state index < -0.39 is 4.92 Å². The molecule has 0 spiro atoms. The Labute approximate surface area is 131 Å². The first-order valence-electron chi connectivity index (χ1n) is 7.29. The van der Waals surface area contributed by atoms with E-state index in [-0.39, 0.29) is 30.1 Å². The zero-order chi connectivity index (χ0) is 16.4. The average molecular weight is 313 g/mol. The van der Waals surface area contributed by atoms with E-state index in [0.717, 1.165) is 29.8 Å². The van der Waals surface area contributed by atoms with Crippen molar-refractivity contribution in [2.45, 2.75) is 19.4 Å². The molecule has 1 aromatic heterocycles. The second kappa shape index (κ2) is 6.04. The monoisotopic (exact) mass is 313 g/mol. The Hall–Kier alpha value is -2.96. The molecule has 0 atom stereocenters. The van der Waals surface area contributed by atoms with Crippen molar-refractivity contribution in [3.63, 3.8) is 0 Å². The molecule has 0 saturated carbocycles. The first-order valence-corrected chi connectivity index (χ1v) is 7.29. The van der Waals surface area contributed by atoms with Gasteiger partial charge >= 0.3 is 0 Å². The highest BCUT2D eigenvalue weighted by atomic mass is 16.6. The van der Waals surface area contributed by atoms with Crippen molar-refractivity contribution >= 4 is 17.3 Å². The minimum absolute atomic E-state index is 0.0895. The molecule has 1 aromatic carbocycles. The van der Waals surface area contributed by atoms with Crippen LogP contribution in [0.15, 0.2) is 47.4 Å². The lowest BCUT2D eigenvalue weighted by Crippen LogP contribution is -2.31. The Bertz CT molecular complexity index is 828. The third-order valence-electron chi connectivity index (χ3n) is 3.93. The van der Waals surface area contributed by atoms with Crippen LogP contribution >= 0.6 is 0 Å². The number of nitro groups is 1. The lowest BCUT2D eigenvalue weighted by atomic mass is 10.2. The minimum atomic E-state index is -0.561. The molecule has 7 nitrogen and oxygen atoms in total. The van der Waals surface area contributed by atoms with Gasteiger partial charge in [-0.15, -0.1) is 0 Å². The van der Waals surface area contributed by atoms with Gasteiger partial charge in [-0.25, -0.2) is 0 Å². The molecule has 1 amide bonds. The van der Waals surface area contributed by atoms with E-state index >= 15 is 0 Å². The minimum Gasteiger partial charge on any atom is -0.312 e. The maximum Gasteiger partial charge on any atom is 0.285 e. The molecule has 118 valence electrons. The van der Waals surface area contributed by atoms with Gasteiger partial charge in [0.25, 0.3) is 11.2 Å². The van der Waals surface area contributed by atoms with E-state index in [0.29, 0.717) is 6.54 Å². The molecular weight excluding hydrogens is 298 g/mol. The number of carbonyl (C=O) groups excluding carboxylic acids is 1. The van der Waals surface area contributed by atoms with Gasteiger partial charge in [-0.3, -0.25) is 19.7 Å². The second-order valence-electron chi connectivity index (χ2n) is 5.35. The summed E-state index contributed by atoms with van der Waals surface area (Å²) in [6.07, 6.45) is 2.11. The highest BCUT2D eigenvalue weighted by Crippen LogP contribution is 2.27. The fraction of sp³-hybridized carbons (Fsp3) is 0.250. The fourth-order valence-corrected chi connectivity index (χ4v) is 2.75. The number of aryl methyl sites for hydroxylation is 1. The van der Waals surface area contributed by atoms with Gasteiger partial charge in [0.1, 0.15) is 0 Å². The van der Waals surface area contributed by atoms with Crippen LogP contribution in [0.1, 0.15) is 12.0 Å². The van der Waals surface area contributed by atoms with Crippen LogP contribution in [0, 0.1) is 10.1 Å². The quantitative estimate of drug-likeness (QED) is 0.635. The van der Waals surface area contributed by atoms with Crippen LogP contribution in [0.2, 0.25) is 0 Å². The molecule has 2 heterocycles. The van der Waals surface area contributed by atoms with Crippen LogP contribution in [-0.4, -0.2) is 21.9 Å². The van der Waals surface area contributed by atoms with Crippen molar-refractivity contribution < 1.29 is 9.72 Å². The van der Waals surface area contributed by atoms with E-state index in [1.807, 2.05) is 24.3 Å². The second-order valence-corrected chi connectivity index (χ2v) is 5.35. The van der Waals surface area contributed by atoms with E-state index in [9.17, 15) is 19.7 Å². The number of para-hydroxylation sites is 1. The molecule has 1 aliphatic rings. The highest BCUT2D eigenvalue weighted by molar-refractivity contribution is 5.95. The molecule has 0 fully saturated rings. The van der Waals surface area contributed by atoms with Crippen molar-refractivity contribution in [1.29, 1.82) is 0 Å². The Kier molecular flexibility index (Phi) is 3.92. The molecule has 0 saturated heterocycles. The van der Waals surface area contributed by atoms with Gasteiger partial charge in [-0.05, 0) is 18.1 Å². The van der Waals surface area contributed by atoms with Crippen molar-refractivity contribution in [3.8, 4) is 0 Å². The predicted molar refractivity (Wildman–Crippen MR) is 84.5 cm³/mol. The number of fused-ring (bicyclic) bond motifs is 1. The van der Waals surface area contributed by atoms with Crippen molar-refractivity contribution in [2.24, 2.45) is 0 Å². The van der Waals surface area contributed by atoms with Gasteiger partial charge in [0, 0.05) is 37.3 Å². The number of nitrogens with zero attached hydrogens (tertiary/aromatic N) is 3. The first kappa shape index (κ1) is 15.0. The molecular formula is C16H15N3O4. The standard InChI is InChI=1S/C16H15N3O4/c20-15-6-5-13(19(22)23)11-17(15)9-8-16(21)18-10-7-12-3-1-2-4-14(12)18/h1-6,11H,7-10H2. The smallest absolute Gasteiger partial charge is 0.285 e. The normalized spacial score (nSPS) is 13.0. The summed E-state index contributed by atoms with van der Waals surface area (Å²) >= 11 is 0. The van der Waals surface area contributed by atoms with Crippen LogP contribution in [-0.2, 0) is 17.8 Å². The molecule has 0 bridgehead atoms. The Morgan fingerprint density at radius 3 is 2.78 bits per heavy atom.